The normalized spacial score (nSPS) is 26.1. The van der Waals surface area contributed by atoms with Crippen LogP contribution in [0, 0.1) is 11.8 Å². The number of primary amides is 1. The summed E-state index contributed by atoms with van der Waals surface area (Å²) in [6, 6.07) is 2.72. The SMILES string of the molecule is CC(C)[C@H](CC(=O)CCCCCN1C(=O)C=CC1=O)C(=O)N[C@@H](CCCNC(N)=O)C(=O)Cc1ccc(COC(=O)NC2[C@H]3OP(=O)(O)OC[C@H]4O[C@@H](n5cnc6c(=O)[nH]c(N)nc65)C(O)[C@H]4OP(=O)(O)OC[C@H]3O[C@H]2n2cnc3c(=O)[nH]c(N)nc32)cc1. The number of imidazole rings is 2. The molecule has 8 heterocycles. The fourth-order valence-electron chi connectivity index (χ4n) is 10.5. The van der Waals surface area contributed by atoms with Gasteiger partial charge >= 0.3 is 27.8 Å². The number of aliphatic hydroxyl groups excluding tert-OH is 1. The second kappa shape index (κ2) is 27.7. The molecule has 0 aliphatic carbocycles. The number of nitrogens with one attached hydrogen (secondary N) is 5. The summed E-state index contributed by atoms with van der Waals surface area (Å²) in [6.07, 6.45) is -7.11. The van der Waals surface area contributed by atoms with Gasteiger partial charge in [0.25, 0.3) is 22.9 Å². The van der Waals surface area contributed by atoms with E-state index in [2.05, 4.69) is 45.9 Å². The minimum atomic E-state index is -5.40. The first kappa shape index (κ1) is 65.3. The van der Waals surface area contributed by atoms with Gasteiger partial charge in [-0.3, -0.25) is 75.7 Å². The van der Waals surface area contributed by atoms with Crippen molar-refractivity contribution in [1.29, 1.82) is 0 Å². The number of nitrogens with zero attached hydrogens (tertiary/aromatic N) is 7. The molecule has 14 N–H and O–H groups in total. The van der Waals surface area contributed by atoms with Gasteiger partial charge in [-0.25, -0.2) is 28.7 Å². The molecular weight excluding hydrogens is 1220 g/mol. The standard InChI is InChI=1S/C51H65N15O21P2/c1-24(2)28(18-27(67)7-4-3-5-16-64-33(69)13-14-34(64)70)43(72)58-29(8-6-15-55-50(54)75)30(68)17-25-9-11-26(12-10-25)19-81-51(76)59-35-39-31(84-46(35)65-22-56-36-41(65)60-48(52)62-44(36)73)20-82-89(79,80)87-40-32(21-83-88(77,78)86-39)85-47(38(40)71)66-23-57-37-42(66)61-49(53)63-45(37)74/h9-14,22-24,28-29,31-32,35,38-40,46-47,71H,3-8,15-21H2,1-2H3,(H,58,72)(H,59,76)(H,77,78)(H,79,80)(H3,54,55,75)(H3,52,60,62,73)(H3,53,61,63,74)/t28-,29-,31+,32+,35?,38?,39-,40-,46+,47+/m0/s1. The van der Waals surface area contributed by atoms with E-state index in [1.54, 1.807) is 38.1 Å². The van der Waals surface area contributed by atoms with Crippen molar-refractivity contribution < 1.29 is 89.9 Å². The summed E-state index contributed by atoms with van der Waals surface area (Å²) >= 11 is 0. The summed E-state index contributed by atoms with van der Waals surface area (Å²) in [5.74, 6) is -3.66. The minimum Gasteiger partial charge on any atom is -0.445 e. The number of phosphoric acid groups is 2. The van der Waals surface area contributed by atoms with Gasteiger partial charge in [0.15, 0.2) is 40.6 Å². The van der Waals surface area contributed by atoms with Gasteiger partial charge < -0.3 is 62.3 Å². The Labute approximate surface area is 502 Å². The number of imide groups is 1. The molecule has 4 aliphatic rings. The molecule has 1 aromatic carbocycles. The monoisotopic (exact) mass is 1290 g/mol. The molecule has 3 saturated heterocycles. The zero-order chi connectivity index (χ0) is 64.1. The topological polar surface area (TPSA) is 523 Å². The number of benzene rings is 1. The number of aromatic amines is 2. The molecule has 0 radical (unpaired) electrons. The molecule has 4 aliphatic heterocycles. The number of alkyl carbamates (subject to hydrolysis) is 1. The van der Waals surface area contributed by atoms with Crippen LogP contribution in [-0.2, 0) is 78.4 Å². The van der Waals surface area contributed by atoms with Crippen molar-refractivity contribution in [3.63, 3.8) is 0 Å². The van der Waals surface area contributed by atoms with Crippen molar-refractivity contribution in [3.8, 4) is 0 Å². The molecule has 480 valence electrons. The Morgan fingerprint density at radius 1 is 0.787 bits per heavy atom. The van der Waals surface area contributed by atoms with Gasteiger partial charge in [0.2, 0.25) is 17.8 Å². The number of rotatable bonds is 23. The van der Waals surface area contributed by atoms with Crippen molar-refractivity contribution in [2.45, 2.75) is 127 Å². The quantitative estimate of drug-likeness (QED) is 0.0226. The van der Waals surface area contributed by atoms with E-state index in [9.17, 15) is 67.2 Å². The largest absolute Gasteiger partial charge is 0.472 e. The third-order valence-corrected chi connectivity index (χ3v) is 16.9. The number of urea groups is 1. The molecular formula is C51H65N15O21P2. The zero-order valence-electron chi connectivity index (χ0n) is 47.6. The number of fused-ring (bicyclic) bond motifs is 4. The smallest absolute Gasteiger partial charge is 0.445 e. The van der Waals surface area contributed by atoms with Crippen LogP contribution < -0.4 is 44.3 Å². The molecule has 12 atom stereocenters. The lowest BCUT2D eigenvalue weighted by Crippen LogP contribution is -2.48. The molecule has 9 rings (SSSR count). The molecule has 36 nitrogen and oxygen atoms in total. The second-order valence-corrected chi connectivity index (χ2v) is 24.4. The highest BCUT2D eigenvalue weighted by Crippen LogP contribution is 2.54. The van der Waals surface area contributed by atoms with E-state index < -0.39 is 131 Å². The van der Waals surface area contributed by atoms with E-state index in [4.69, 9.17) is 49.5 Å². The fraction of sp³-hybridized carbons (Fsp3) is 0.510. The number of Topliss-reactive ketones (excluding diaryl/α,β-unsaturated/α-hetero) is 2. The summed E-state index contributed by atoms with van der Waals surface area (Å²) in [5.41, 5.74) is 15.3. The summed E-state index contributed by atoms with van der Waals surface area (Å²) in [4.78, 5) is 160. The van der Waals surface area contributed by atoms with Gasteiger partial charge in [-0.2, -0.15) is 9.97 Å². The van der Waals surface area contributed by atoms with Crippen molar-refractivity contribution in [3.05, 3.63) is 80.9 Å². The second-order valence-electron chi connectivity index (χ2n) is 21.6. The van der Waals surface area contributed by atoms with Crippen LogP contribution in [0.2, 0.25) is 0 Å². The van der Waals surface area contributed by atoms with Crippen molar-refractivity contribution in [2.75, 3.05) is 37.8 Å². The molecule has 3 fully saturated rings. The first-order chi connectivity index (χ1) is 42.2. The predicted molar refractivity (Wildman–Crippen MR) is 304 cm³/mol. The molecule has 0 spiro atoms. The number of H-pyrrole nitrogens is 2. The number of nitrogen functional groups attached to an aromatic ring is 2. The molecule has 4 unspecified atom stereocenters. The van der Waals surface area contributed by atoms with Crippen LogP contribution in [0.1, 0.15) is 82.4 Å². The average molecular weight is 1290 g/mol. The lowest BCUT2D eigenvalue weighted by Gasteiger charge is -2.29. The van der Waals surface area contributed by atoms with Crippen LogP contribution in [0.25, 0.3) is 22.3 Å². The van der Waals surface area contributed by atoms with Crippen molar-refractivity contribution in [2.24, 2.45) is 17.6 Å². The van der Waals surface area contributed by atoms with Crippen molar-refractivity contribution in [1.82, 2.24) is 59.9 Å². The van der Waals surface area contributed by atoms with E-state index in [0.717, 1.165) is 26.7 Å². The van der Waals surface area contributed by atoms with Crippen LogP contribution in [0.3, 0.4) is 0 Å². The number of aliphatic hydroxyl groups is 1. The number of ether oxygens (including phenoxy) is 3. The lowest BCUT2D eigenvalue weighted by atomic mass is 9.88. The molecule has 0 bridgehead atoms. The number of anilines is 2. The maximum atomic E-state index is 14.0. The summed E-state index contributed by atoms with van der Waals surface area (Å²) in [5, 5.41) is 19.3. The molecule has 4 aromatic heterocycles. The predicted octanol–water partition coefficient (Wildman–Crippen LogP) is -0.352. The maximum absolute atomic E-state index is 14.0. The number of hydrogen-bond donors (Lipinski definition) is 11. The Morgan fingerprint density at radius 3 is 1.94 bits per heavy atom. The number of aromatic nitrogens is 8. The maximum Gasteiger partial charge on any atom is 0.472 e. The first-order valence-corrected chi connectivity index (χ1v) is 30.9. The van der Waals surface area contributed by atoms with Gasteiger partial charge in [-0.1, -0.05) is 44.5 Å². The van der Waals surface area contributed by atoms with Crippen molar-refractivity contribution >= 4 is 91.3 Å². The highest BCUT2D eigenvalue weighted by Gasteiger charge is 2.55. The Hall–Kier alpha value is -8.15. The van der Waals surface area contributed by atoms with Crippen LogP contribution in [0.15, 0.2) is 58.7 Å². The Morgan fingerprint density at radius 2 is 1.35 bits per heavy atom. The number of phosphoric ester groups is 2. The molecule has 5 aromatic rings. The fourth-order valence-corrected chi connectivity index (χ4v) is 12.4. The number of hydrogen-bond acceptors (Lipinski definition) is 25. The average Bonchev–Trinajstić information content (AvgIpc) is 1.90. The van der Waals surface area contributed by atoms with E-state index in [1.165, 1.54) is 12.2 Å². The Balaban J connectivity index is 0.860. The van der Waals surface area contributed by atoms with Gasteiger partial charge in [-0.05, 0) is 42.7 Å². The summed E-state index contributed by atoms with van der Waals surface area (Å²) < 4.78 is 69.3. The number of carbonyl (C=O) groups is 7. The number of nitrogens with two attached hydrogens (primary N) is 3. The summed E-state index contributed by atoms with van der Waals surface area (Å²) in [6.45, 7) is 1.45. The Bertz CT molecular complexity index is 3740. The Kier molecular flexibility index (Phi) is 20.3. The zero-order valence-corrected chi connectivity index (χ0v) is 49.4. The molecule has 89 heavy (non-hydrogen) atoms. The lowest BCUT2D eigenvalue weighted by molar-refractivity contribution is -0.137. The third kappa shape index (κ3) is 15.8. The highest BCUT2D eigenvalue weighted by atomic mass is 31.2. The number of ketones is 2. The van der Waals surface area contributed by atoms with E-state index >= 15 is 0 Å². The number of unbranched alkanes of at least 4 members (excludes halogenated alkanes) is 2. The van der Waals surface area contributed by atoms with Crippen LogP contribution in [0.4, 0.5) is 21.5 Å². The van der Waals surface area contributed by atoms with Gasteiger partial charge in [0.05, 0.1) is 31.9 Å². The first-order valence-electron chi connectivity index (χ1n) is 27.9. The molecule has 38 heteroatoms. The van der Waals surface area contributed by atoms with E-state index in [1.807, 2.05) is 0 Å². The molecule has 0 saturated carbocycles. The number of carbonyl (C=O) groups excluding carboxylic acids is 7. The van der Waals surface area contributed by atoms with Gasteiger partial charge in [-0.15, -0.1) is 0 Å². The molecule has 6 amide bonds. The van der Waals surface area contributed by atoms with E-state index in [0.29, 0.717) is 30.4 Å². The summed E-state index contributed by atoms with van der Waals surface area (Å²) in [7, 11) is -10.7. The van der Waals surface area contributed by atoms with Gasteiger partial charge in [0.1, 0.15) is 49.0 Å². The van der Waals surface area contributed by atoms with Crippen LogP contribution >= 0.6 is 15.6 Å². The minimum absolute atomic E-state index is 0.0940. The van der Waals surface area contributed by atoms with Gasteiger partial charge in [0, 0.05) is 50.4 Å². The third-order valence-electron chi connectivity index (χ3n) is 15.0. The highest BCUT2D eigenvalue weighted by molar-refractivity contribution is 7.47. The van der Waals surface area contributed by atoms with Crippen LogP contribution in [-0.4, -0.2) is 169 Å². The van der Waals surface area contributed by atoms with E-state index in [-0.39, 0.29) is 103 Å². The van der Waals surface area contributed by atoms with Crippen LogP contribution in [0.5, 0.6) is 0 Å². The number of amides is 6.